The van der Waals surface area contributed by atoms with E-state index in [0.29, 0.717) is 12.1 Å². The van der Waals surface area contributed by atoms with Crippen molar-refractivity contribution in [2.24, 2.45) is 0 Å². The highest BCUT2D eigenvalue weighted by molar-refractivity contribution is 9.10. The van der Waals surface area contributed by atoms with Gasteiger partial charge in [0.05, 0.1) is 10.6 Å². The molecule has 0 fully saturated rings. The number of nitrogens with zero attached hydrogens (tertiary/aromatic N) is 1. The van der Waals surface area contributed by atoms with Gasteiger partial charge in [0, 0.05) is 32.4 Å². The summed E-state index contributed by atoms with van der Waals surface area (Å²) in [4.78, 5) is 13.2. The fourth-order valence-electron chi connectivity index (χ4n) is 1.88. The minimum Gasteiger partial charge on any atom is -0.379 e. The molecular weight excluding hydrogens is 340 g/mol. The highest BCUT2D eigenvalue weighted by atomic mass is 79.9. The summed E-state index contributed by atoms with van der Waals surface area (Å²) < 4.78 is 0.841. The van der Waals surface area contributed by atoms with Gasteiger partial charge in [-0.25, -0.2) is 0 Å². The van der Waals surface area contributed by atoms with Crippen LogP contribution in [0.15, 0.2) is 28.7 Å². The molecule has 0 aliphatic carbocycles. The van der Waals surface area contributed by atoms with Crippen molar-refractivity contribution in [1.29, 1.82) is 0 Å². The molecule has 2 rings (SSSR count). The molecule has 2 aromatic rings. The quantitative estimate of drug-likeness (QED) is 0.613. The predicted octanol–water partition coefficient (Wildman–Crippen LogP) is 4.90. The van der Waals surface area contributed by atoms with Crippen LogP contribution in [0.25, 0.3) is 0 Å². The molecule has 0 atom stereocenters. The van der Waals surface area contributed by atoms with E-state index in [1.54, 1.807) is 30.4 Å². The van der Waals surface area contributed by atoms with Crippen LogP contribution < -0.4 is 5.32 Å². The Bertz CT molecular complexity index is 640. The minimum absolute atomic E-state index is 0.135. The third-order valence-corrected chi connectivity index (χ3v) is 4.89. The summed E-state index contributed by atoms with van der Waals surface area (Å²) in [7, 11) is 0. The summed E-state index contributed by atoms with van der Waals surface area (Å²) in [6, 6.07) is 7.56. The zero-order valence-electron chi connectivity index (χ0n) is 11.3. The van der Waals surface area contributed by atoms with Gasteiger partial charge in [0.25, 0.3) is 5.69 Å². The van der Waals surface area contributed by atoms with Crippen molar-refractivity contribution in [2.45, 2.75) is 26.8 Å². The van der Waals surface area contributed by atoms with Crippen LogP contribution in [0.4, 0.5) is 11.4 Å². The largest absolute Gasteiger partial charge is 0.379 e. The van der Waals surface area contributed by atoms with Crippen LogP contribution in [0.2, 0.25) is 0 Å². The Hall–Kier alpha value is -1.40. The summed E-state index contributed by atoms with van der Waals surface area (Å²) in [5.41, 5.74) is 1.53. The number of hydrogen-bond acceptors (Lipinski definition) is 4. The lowest BCUT2D eigenvalue weighted by atomic mass is 10.2. The van der Waals surface area contributed by atoms with Crippen LogP contribution >= 0.6 is 27.3 Å². The van der Waals surface area contributed by atoms with Crippen LogP contribution in [-0.4, -0.2) is 4.92 Å². The average molecular weight is 355 g/mol. The average Bonchev–Trinajstić information content (AvgIpc) is 2.85. The van der Waals surface area contributed by atoms with Gasteiger partial charge in [-0.2, -0.15) is 0 Å². The second-order valence-corrected chi connectivity index (χ2v) is 6.56. The number of aryl methyl sites for hydroxylation is 2. The van der Waals surface area contributed by atoms with E-state index in [-0.39, 0.29) is 10.6 Å². The van der Waals surface area contributed by atoms with E-state index in [4.69, 9.17) is 0 Å². The van der Waals surface area contributed by atoms with E-state index < -0.39 is 0 Å². The number of halogens is 1. The molecule has 20 heavy (non-hydrogen) atoms. The number of thiophene rings is 1. The molecule has 0 aliphatic rings. The number of benzene rings is 1. The van der Waals surface area contributed by atoms with Crippen molar-refractivity contribution in [2.75, 3.05) is 5.32 Å². The fourth-order valence-corrected chi connectivity index (χ4v) is 3.38. The molecule has 1 N–H and O–H groups in total. The minimum atomic E-state index is -0.354. The Labute approximate surface area is 130 Å². The van der Waals surface area contributed by atoms with E-state index in [1.165, 1.54) is 9.75 Å². The summed E-state index contributed by atoms with van der Waals surface area (Å²) >= 11 is 5.20. The molecule has 0 amide bonds. The molecule has 1 heterocycles. The third kappa shape index (κ3) is 3.37. The first-order valence-corrected chi connectivity index (χ1v) is 7.88. The molecule has 0 bridgehead atoms. The van der Waals surface area contributed by atoms with Crippen molar-refractivity contribution in [1.82, 2.24) is 0 Å². The third-order valence-electron chi connectivity index (χ3n) is 3.00. The second kappa shape index (κ2) is 6.37. The molecule has 0 saturated carbocycles. The number of nitro groups is 1. The zero-order chi connectivity index (χ0) is 14.7. The van der Waals surface area contributed by atoms with Gasteiger partial charge < -0.3 is 5.32 Å². The standard InChI is InChI=1S/C14H15BrN2O2S/c1-3-10-4-5-11(20-10)8-16-13-7-14(17(18)19)9(2)6-12(13)15/h4-7,16H,3,8H2,1-2H3. The molecular formula is C14H15BrN2O2S. The van der Waals surface area contributed by atoms with Crippen molar-refractivity contribution >= 4 is 38.6 Å². The first-order valence-electron chi connectivity index (χ1n) is 6.27. The van der Waals surface area contributed by atoms with Gasteiger partial charge in [0.1, 0.15) is 0 Å². The number of anilines is 1. The maximum Gasteiger partial charge on any atom is 0.274 e. The molecule has 4 nitrogen and oxygen atoms in total. The SMILES string of the molecule is CCc1ccc(CNc2cc([N+](=O)[O-])c(C)cc2Br)s1. The summed E-state index contributed by atoms with van der Waals surface area (Å²) in [6.45, 7) is 4.53. The Kier molecular flexibility index (Phi) is 4.77. The predicted molar refractivity (Wildman–Crippen MR) is 86.6 cm³/mol. The van der Waals surface area contributed by atoms with Crippen LogP contribution in [-0.2, 0) is 13.0 Å². The van der Waals surface area contributed by atoms with Gasteiger partial charge in [-0.1, -0.05) is 6.92 Å². The highest BCUT2D eigenvalue weighted by Crippen LogP contribution is 2.31. The van der Waals surface area contributed by atoms with Gasteiger partial charge >= 0.3 is 0 Å². The van der Waals surface area contributed by atoms with Gasteiger partial charge in [-0.15, -0.1) is 11.3 Å². The van der Waals surface area contributed by atoms with E-state index in [1.807, 2.05) is 0 Å². The maximum atomic E-state index is 11.0. The fraction of sp³-hybridized carbons (Fsp3) is 0.286. The van der Waals surface area contributed by atoms with Crippen LogP contribution in [0.3, 0.4) is 0 Å². The van der Waals surface area contributed by atoms with Crippen molar-refractivity contribution in [3.8, 4) is 0 Å². The van der Waals surface area contributed by atoms with E-state index in [9.17, 15) is 10.1 Å². The molecule has 1 aromatic carbocycles. The van der Waals surface area contributed by atoms with E-state index >= 15 is 0 Å². The summed E-state index contributed by atoms with van der Waals surface area (Å²) in [5.74, 6) is 0. The number of rotatable bonds is 5. The Morgan fingerprint density at radius 2 is 2.05 bits per heavy atom. The Balaban J connectivity index is 2.16. The summed E-state index contributed by atoms with van der Waals surface area (Å²) in [5, 5.41) is 14.2. The van der Waals surface area contributed by atoms with Crippen LogP contribution in [0.5, 0.6) is 0 Å². The second-order valence-electron chi connectivity index (χ2n) is 4.45. The van der Waals surface area contributed by atoms with Crippen molar-refractivity contribution in [3.05, 3.63) is 54.2 Å². The molecule has 0 radical (unpaired) electrons. The zero-order valence-corrected chi connectivity index (χ0v) is 13.7. The molecule has 0 aliphatic heterocycles. The van der Waals surface area contributed by atoms with Crippen LogP contribution in [0, 0.1) is 17.0 Å². The molecule has 106 valence electrons. The normalized spacial score (nSPS) is 10.6. The number of nitrogens with one attached hydrogen (secondary N) is 1. The van der Waals surface area contributed by atoms with E-state index in [0.717, 1.165) is 16.6 Å². The smallest absolute Gasteiger partial charge is 0.274 e. The lowest BCUT2D eigenvalue weighted by Gasteiger charge is -2.08. The first-order chi connectivity index (χ1) is 9.51. The molecule has 0 saturated heterocycles. The van der Waals surface area contributed by atoms with Gasteiger partial charge in [-0.05, 0) is 47.5 Å². The monoisotopic (exact) mass is 354 g/mol. The lowest BCUT2D eigenvalue weighted by molar-refractivity contribution is -0.385. The molecule has 6 heteroatoms. The summed E-state index contributed by atoms with van der Waals surface area (Å²) in [6.07, 6.45) is 1.03. The van der Waals surface area contributed by atoms with Gasteiger partial charge in [0.2, 0.25) is 0 Å². The Morgan fingerprint density at radius 1 is 1.35 bits per heavy atom. The van der Waals surface area contributed by atoms with Gasteiger partial charge in [0.15, 0.2) is 0 Å². The Morgan fingerprint density at radius 3 is 2.65 bits per heavy atom. The van der Waals surface area contributed by atoms with Gasteiger partial charge in [-0.3, -0.25) is 10.1 Å². The maximum absolute atomic E-state index is 11.0. The molecule has 0 unspecified atom stereocenters. The van der Waals surface area contributed by atoms with Crippen LogP contribution in [0.1, 0.15) is 22.2 Å². The topological polar surface area (TPSA) is 55.2 Å². The van der Waals surface area contributed by atoms with Crippen molar-refractivity contribution in [3.63, 3.8) is 0 Å². The van der Waals surface area contributed by atoms with Crippen molar-refractivity contribution < 1.29 is 4.92 Å². The highest BCUT2D eigenvalue weighted by Gasteiger charge is 2.14. The molecule has 0 spiro atoms. The van der Waals surface area contributed by atoms with E-state index in [2.05, 4.69) is 40.3 Å². The number of hydrogen-bond donors (Lipinski definition) is 1. The number of nitro benzene ring substituents is 1. The molecule has 1 aromatic heterocycles. The lowest BCUT2D eigenvalue weighted by Crippen LogP contribution is -2.00. The first kappa shape index (κ1) is 15.0.